The van der Waals surface area contributed by atoms with E-state index in [0.29, 0.717) is 0 Å². The first-order chi connectivity index (χ1) is 10.5. The summed E-state index contributed by atoms with van der Waals surface area (Å²) in [7, 11) is 22.9. The van der Waals surface area contributed by atoms with Crippen LogP contribution in [-0.4, -0.2) is 49.2 Å². The van der Waals surface area contributed by atoms with Crippen LogP contribution in [-0.2, 0) is 0 Å². The first kappa shape index (κ1) is 29.6. The maximum absolute atomic E-state index is 5.42. The van der Waals surface area contributed by atoms with Gasteiger partial charge in [0.05, 0.1) is 8.07 Å². The van der Waals surface area contributed by atoms with Crippen molar-refractivity contribution in [3.8, 4) is 0 Å². The van der Waals surface area contributed by atoms with Crippen molar-refractivity contribution >= 4 is 84.5 Å². The van der Waals surface area contributed by atoms with Crippen LogP contribution in [0.4, 0.5) is 0 Å². The van der Waals surface area contributed by atoms with Gasteiger partial charge in [0, 0.05) is 21.4 Å². The van der Waals surface area contributed by atoms with Crippen LogP contribution in [0.1, 0.15) is 20.3 Å². The second-order valence-electron chi connectivity index (χ2n) is 8.50. The van der Waals surface area contributed by atoms with Gasteiger partial charge in [0.25, 0.3) is 0 Å². The van der Waals surface area contributed by atoms with Gasteiger partial charge in [-0.3, -0.25) is 0 Å². The van der Waals surface area contributed by atoms with Crippen LogP contribution in [0, 0.1) is 0 Å². The summed E-state index contributed by atoms with van der Waals surface area (Å²) < 4.78 is 2.42. The molecule has 0 amide bonds. The molecule has 0 saturated carbocycles. The second kappa shape index (κ2) is 9.94. The molecule has 154 valence electrons. The average Bonchev–Trinajstić information content (AvgIpc) is 2.21. The minimum atomic E-state index is -5.42. The Labute approximate surface area is 177 Å². The minimum absolute atomic E-state index is 0.987. The van der Waals surface area contributed by atoms with E-state index in [-0.39, 0.29) is 0 Å². The fourth-order valence-electron chi connectivity index (χ4n) is 2.26. The Balaban J connectivity index is 0. The van der Waals surface area contributed by atoms with Crippen LogP contribution in [0.3, 0.4) is 0 Å². The maximum atomic E-state index is 5.06. The van der Waals surface area contributed by atoms with Crippen molar-refractivity contribution in [2.45, 2.75) is 65.6 Å². The molecule has 0 N–H and O–H groups in total. The second-order valence-corrected chi connectivity index (χ2v) is 75.9. The van der Waals surface area contributed by atoms with Gasteiger partial charge in [0.2, 0.25) is 0 Å². The summed E-state index contributed by atoms with van der Waals surface area (Å²) in [4.78, 5) is 0. The van der Waals surface area contributed by atoms with Crippen molar-refractivity contribution in [1.29, 1.82) is 0 Å². The quantitative estimate of drug-likeness (QED) is 0.153. The SMILES string of the molecule is CC=[N+](CC)CC/C(=C\[Si](C)(C)C)C[Si](C)(C)C.[Cl][Sb-]([Cl])([Cl])([Cl])([Cl])[Cl]. The zero-order valence-corrected chi connectivity index (χ0v) is 25.7. The average molecular weight is 619 g/mol. The summed E-state index contributed by atoms with van der Waals surface area (Å²) in [6.45, 7) is 21.5. The third kappa shape index (κ3) is 34.3. The van der Waals surface area contributed by atoms with E-state index in [1.165, 1.54) is 19.0 Å². The predicted octanol–water partition coefficient (Wildman–Crippen LogP) is 8.40. The zero-order valence-electron chi connectivity index (χ0n) is 16.6. The number of halogens is 6. The molecular weight excluding hydrogens is 585 g/mol. The third-order valence-corrected chi connectivity index (χ3v) is 5.68. The number of nitrogens with zero attached hydrogens (tertiary/aromatic N) is 1. The van der Waals surface area contributed by atoms with Gasteiger partial charge in [-0.05, 0) is 13.0 Å². The van der Waals surface area contributed by atoms with Crippen molar-refractivity contribution < 1.29 is 4.58 Å². The van der Waals surface area contributed by atoms with Crippen molar-refractivity contribution in [1.82, 2.24) is 0 Å². The molecule has 0 unspecified atom stereocenters. The van der Waals surface area contributed by atoms with E-state index < -0.39 is 25.3 Å². The van der Waals surface area contributed by atoms with Crippen LogP contribution >= 0.6 is 53.0 Å². The Morgan fingerprint density at radius 1 is 0.920 bits per heavy atom. The Hall–Kier alpha value is 2.40. The van der Waals surface area contributed by atoms with E-state index in [1.807, 2.05) is 0 Å². The molecule has 0 fully saturated rings. The standard InChI is InChI=1S/C15H34NSi2.6ClH.Sb/c1-9-16(10-2)12-11-15(13-17(3,4)5)14-18(6,7)8;;;;;;;/h9,13H,10-12,14H2,1-8H3;6*1H;/q+1;;;;;;;+5/p-6/b15-13+,16-9?;;;;;;;. The van der Waals surface area contributed by atoms with Crippen molar-refractivity contribution in [2.24, 2.45) is 0 Å². The first-order valence-electron chi connectivity index (χ1n) is 8.33. The summed E-state index contributed by atoms with van der Waals surface area (Å²) in [5.41, 5.74) is 4.38. The topological polar surface area (TPSA) is 3.01 Å². The van der Waals surface area contributed by atoms with E-state index in [9.17, 15) is 0 Å². The van der Waals surface area contributed by atoms with Crippen LogP contribution in [0.2, 0.25) is 45.3 Å². The number of rotatable bonds is 7. The van der Waals surface area contributed by atoms with Crippen molar-refractivity contribution in [3.63, 3.8) is 0 Å². The molecule has 0 aliphatic carbocycles. The first-order valence-corrected chi connectivity index (χ1v) is 35.0. The number of hydrogen-bond donors (Lipinski definition) is 0. The van der Waals surface area contributed by atoms with Crippen LogP contribution in [0.5, 0.6) is 0 Å². The third-order valence-electron chi connectivity index (χ3n) is 2.89. The van der Waals surface area contributed by atoms with E-state index in [0.717, 1.165) is 6.54 Å². The molecule has 0 aliphatic heterocycles. The Bertz CT molecular complexity index is 472. The monoisotopic (exact) mass is 615 g/mol. The van der Waals surface area contributed by atoms with Crippen LogP contribution in [0.15, 0.2) is 11.3 Å². The van der Waals surface area contributed by atoms with Gasteiger partial charge in [0.1, 0.15) is 19.3 Å². The molecule has 0 aromatic carbocycles. The molecule has 0 radical (unpaired) electrons. The van der Waals surface area contributed by atoms with Gasteiger partial charge in [-0.2, -0.15) is 0 Å². The molecule has 10 heteroatoms. The van der Waals surface area contributed by atoms with Crippen molar-refractivity contribution in [3.05, 3.63) is 11.3 Å². The van der Waals surface area contributed by atoms with Gasteiger partial charge in [0.15, 0.2) is 0 Å². The molecule has 0 spiro atoms. The Morgan fingerprint density at radius 2 is 1.32 bits per heavy atom. The van der Waals surface area contributed by atoms with Gasteiger partial charge in [-0.1, -0.05) is 50.6 Å². The summed E-state index contributed by atoms with van der Waals surface area (Å²) >= 11 is 0. The van der Waals surface area contributed by atoms with E-state index in [4.69, 9.17) is 53.0 Å². The summed E-state index contributed by atoms with van der Waals surface area (Å²) in [5, 5.41) is 0. The molecule has 0 heterocycles. The molecule has 0 atom stereocenters. The molecule has 25 heavy (non-hydrogen) atoms. The van der Waals surface area contributed by atoms with Gasteiger partial charge < -0.3 is 0 Å². The molecule has 0 saturated heterocycles. The van der Waals surface area contributed by atoms with Gasteiger partial charge >= 0.3 is 62.1 Å². The molecule has 0 aromatic heterocycles. The van der Waals surface area contributed by atoms with E-state index >= 15 is 0 Å². The number of hydrogen-bond acceptors (Lipinski definition) is 0. The Morgan fingerprint density at radius 3 is 1.56 bits per heavy atom. The van der Waals surface area contributed by atoms with Gasteiger partial charge in [-0.25, -0.2) is 4.58 Å². The zero-order chi connectivity index (χ0) is 20.8. The van der Waals surface area contributed by atoms with Crippen LogP contribution < -0.4 is 0 Å². The predicted molar refractivity (Wildman–Crippen MR) is 132 cm³/mol. The summed E-state index contributed by atoms with van der Waals surface area (Å²) in [6.07, 6.45) is 3.48. The fraction of sp³-hybridized carbons (Fsp3) is 0.800. The van der Waals surface area contributed by atoms with E-state index in [2.05, 4.69) is 69.6 Å². The van der Waals surface area contributed by atoms with Crippen LogP contribution in [0.25, 0.3) is 0 Å². The molecular formula is C15H34Cl6NSbSi2. The molecule has 0 bridgehead atoms. The van der Waals surface area contributed by atoms with Gasteiger partial charge in [-0.15, -0.1) is 0 Å². The summed E-state index contributed by atoms with van der Waals surface area (Å²) in [6, 6.07) is 1.37. The molecule has 1 nitrogen and oxygen atoms in total. The Kier molecular flexibility index (Phi) is 11.8. The van der Waals surface area contributed by atoms with E-state index in [1.54, 1.807) is 5.57 Å². The molecule has 0 aliphatic rings. The molecule has 0 rings (SSSR count). The summed E-state index contributed by atoms with van der Waals surface area (Å²) in [5.74, 6) is 0. The fourth-order valence-corrected chi connectivity index (χ4v) is 5.58. The van der Waals surface area contributed by atoms with Crippen molar-refractivity contribution in [2.75, 3.05) is 13.1 Å². The normalized spacial score (nSPS) is 17.4. The molecule has 0 aromatic rings.